The number of carbonyl (C=O) groups is 1. The first-order chi connectivity index (χ1) is 8.33. The number of nitrogens with two attached hydrogens (primary N) is 1. The molecule has 1 rings (SSSR count). The van der Waals surface area contributed by atoms with Crippen molar-refractivity contribution in [2.24, 2.45) is 5.73 Å². The lowest BCUT2D eigenvalue weighted by atomic mass is 10.1. The molecule has 0 unspecified atom stereocenters. The lowest BCUT2D eigenvalue weighted by Gasteiger charge is -1.97. The maximum atomic E-state index is 11.5. The fourth-order valence-electron chi connectivity index (χ4n) is 1.63. The molecule has 0 aliphatic heterocycles. The molecule has 0 saturated heterocycles. The number of allylic oxidation sites excluding steroid dienone is 1. The molecule has 0 amide bonds. The predicted octanol–water partition coefficient (Wildman–Crippen LogP) is 3.18. The summed E-state index contributed by atoms with van der Waals surface area (Å²) >= 11 is 0. The molecule has 0 bridgehead atoms. The zero-order valence-corrected chi connectivity index (χ0v) is 10.3. The lowest BCUT2D eigenvalue weighted by Crippen LogP contribution is -1.98. The predicted molar refractivity (Wildman–Crippen MR) is 72.6 cm³/mol. The van der Waals surface area contributed by atoms with Gasteiger partial charge in [-0.05, 0) is 31.0 Å². The number of ketones is 1. The van der Waals surface area contributed by atoms with Crippen LogP contribution in [0.5, 0.6) is 0 Å². The first-order valence-electron chi connectivity index (χ1n) is 6.29. The Kier molecular flexibility index (Phi) is 6.99. The summed E-state index contributed by atoms with van der Waals surface area (Å²) < 4.78 is 0. The van der Waals surface area contributed by atoms with Crippen molar-refractivity contribution in [1.29, 1.82) is 0 Å². The Morgan fingerprint density at radius 1 is 1.06 bits per heavy atom. The van der Waals surface area contributed by atoms with Crippen molar-refractivity contribution in [1.82, 2.24) is 0 Å². The molecule has 2 nitrogen and oxygen atoms in total. The quantitative estimate of drug-likeness (QED) is 0.551. The van der Waals surface area contributed by atoms with Crippen molar-refractivity contribution in [2.45, 2.75) is 32.1 Å². The maximum Gasteiger partial charge on any atom is 0.155 e. The maximum absolute atomic E-state index is 11.5. The fourth-order valence-corrected chi connectivity index (χ4v) is 1.63. The van der Waals surface area contributed by atoms with Gasteiger partial charge in [0.05, 0.1) is 0 Å². The van der Waals surface area contributed by atoms with Gasteiger partial charge in [-0.3, -0.25) is 4.79 Å². The normalized spacial score (nSPS) is 10.9. The molecule has 92 valence electrons. The SMILES string of the molecule is NCCCCCCC(=O)/C=C/c1ccccc1. The van der Waals surface area contributed by atoms with Gasteiger partial charge in [0, 0.05) is 6.42 Å². The third-order valence-corrected chi connectivity index (χ3v) is 2.64. The molecule has 0 radical (unpaired) electrons. The van der Waals surface area contributed by atoms with E-state index in [2.05, 4.69) is 0 Å². The van der Waals surface area contributed by atoms with Crippen LogP contribution in [0.4, 0.5) is 0 Å². The highest BCUT2D eigenvalue weighted by molar-refractivity contribution is 5.93. The fraction of sp³-hybridized carbons (Fsp3) is 0.400. The summed E-state index contributed by atoms with van der Waals surface area (Å²) in [6.07, 6.45) is 8.47. The standard InChI is InChI=1S/C15H21NO/c16-13-7-2-1-6-10-15(17)12-11-14-8-4-3-5-9-14/h3-5,8-9,11-12H,1-2,6-7,10,13,16H2/b12-11+. The van der Waals surface area contributed by atoms with E-state index in [1.165, 1.54) is 0 Å². The van der Waals surface area contributed by atoms with Gasteiger partial charge in [0.2, 0.25) is 0 Å². The third-order valence-electron chi connectivity index (χ3n) is 2.64. The zero-order chi connectivity index (χ0) is 12.3. The van der Waals surface area contributed by atoms with E-state index in [0.29, 0.717) is 6.42 Å². The van der Waals surface area contributed by atoms with E-state index in [-0.39, 0.29) is 5.78 Å². The topological polar surface area (TPSA) is 43.1 Å². The number of rotatable bonds is 8. The molecule has 17 heavy (non-hydrogen) atoms. The highest BCUT2D eigenvalue weighted by Gasteiger charge is 1.96. The van der Waals surface area contributed by atoms with E-state index in [4.69, 9.17) is 5.73 Å². The minimum absolute atomic E-state index is 0.210. The van der Waals surface area contributed by atoms with Gasteiger partial charge in [-0.25, -0.2) is 0 Å². The van der Waals surface area contributed by atoms with Crippen LogP contribution in [-0.4, -0.2) is 12.3 Å². The van der Waals surface area contributed by atoms with Crippen LogP contribution in [0.1, 0.15) is 37.7 Å². The van der Waals surface area contributed by atoms with Crippen LogP contribution < -0.4 is 5.73 Å². The molecule has 0 aromatic heterocycles. The van der Waals surface area contributed by atoms with Gasteiger partial charge in [-0.15, -0.1) is 0 Å². The highest BCUT2D eigenvalue weighted by atomic mass is 16.1. The Labute approximate surface area is 104 Å². The Hall–Kier alpha value is -1.41. The number of hydrogen-bond acceptors (Lipinski definition) is 2. The Morgan fingerprint density at radius 3 is 2.47 bits per heavy atom. The Bertz CT molecular complexity index is 343. The second-order valence-electron chi connectivity index (χ2n) is 4.16. The van der Waals surface area contributed by atoms with Gasteiger partial charge in [-0.1, -0.05) is 49.2 Å². The van der Waals surface area contributed by atoms with E-state index >= 15 is 0 Å². The number of benzene rings is 1. The summed E-state index contributed by atoms with van der Waals surface area (Å²) in [5.74, 6) is 0.210. The van der Waals surface area contributed by atoms with E-state index < -0.39 is 0 Å². The minimum Gasteiger partial charge on any atom is -0.330 e. The smallest absolute Gasteiger partial charge is 0.155 e. The summed E-state index contributed by atoms with van der Waals surface area (Å²) in [5.41, 5.74) is 6.48. The van der Waals surface area contributed by atoms with E-state index in [9.17, 15) is 4.79 Å². The molecule has 0 atom stereocenters. The lowest BCUT2D eigenvalue weighted by molar-refractivity contribution is -0.114. The van der Waals surface area contributed by atoms with Crippen LogP contribution >= 0.6 is 0 Å². The van der Waals surface area contributed by atoms with Gasteiger partial charge in [0.15, 0.2) is 5.78 Å². The van der Waals surface area contributed by atoms with Gasteiger partial charge >= 0.3 is 0 Å². The first-order valence-corrected chi connectivity index (χ1v) is 6.29. The Balaban J connectivity index is 2.19. The highest BCUT2D eigenvalue weighted by Crippen LogP contribution is 2.05. The molecule has 1 aromatic carbocycles. The molecule has 0 spiro atoms. The molecule has 2 N–H and O–H groups in total. The van der Waals surface area contributed by atoms with Crippen LogP contribution in [0.25, 0.3) is 6.08 Å². The third kappa shape index (κ3) is 6.69. The summed E-state index contributed by atoms with van der Waals surface area (Å²) in [6, 6.07) is 9.89. The van der Waals surface area contributed by atoms with Crippen LogP contribution in [-0.2, 0) is 4.79 Å². The minimum atomic E-state index is 0.210. The summed E-state index contributed by atoms with van der Waals surface area (Å²) in [7, 11) is 0. The first kappa shape index (κ1) is 13.7. The second kappa shape index (κ2) is 8.71. The summed E-state index contributed by atoms with van der Waals surface area (Å²) in [4.78, 5) is 11.5. The van der Waals surface area contributed by atoms with Crippen LogP contribution in [0.15, 0.2) is 36.4 Å². The average Bonchev–Trinajstić information content (AvgIpc) is 2.37. The zero-order valence-electron chi connectivity index (χ0n) is 10.3. The molecule has 0 aliphatic rings. The van der Waals surface area contributed by atoms with Crippen LogP contribution in [0, 0.1) is 0 Å². The molecule has 1 aromatic rings. The summed E-state index contributed by atoms with van der Waals surface area (Å²) in [5, 5.41) is 0. The van der Waals surface area contributed by atoms with Gasteiger partial charge in [-0.2, -0.15) is 0 Å². The second-order valence-corrected chi connectivity index (χ2v) is 4.16. The molecular formula is C15H21NO. The molecular weight excluding hydrogens is 210 g/mol. The van der Waals surface area contributed by atoms with Crippen molar-refractivity contribution in [2.75, 3.05) is 6.54 Å². The van der Waals surface area contributed by atoms with E-state index in [0.717, 1.165) is 37.8 Å². The molecule has 0 fully saturated rings. The molecule has 0 saturated carbocycles. The van der Waals surface area contributed by atoms with Gasteiger partial charge in [0.1, 0.15) is 0 Å². The van der Waals surface area contributed by atoms with Crippen molar-refractivity contribution >= 4 is 11.9 Å². The average molecular weight is 231 g/mol. The number of hydrogen-bond donors (Lipinski definition) is 1. The van der Waals surface area contributed by atoms with Crippen molar-refractivity contribution in [3.05, 3.63) is 42.0 Å². The van der Waals surface area contributed by atoms with Crippen molar-refractivity contribution in [3.8, 4) is 0 Å². The van der Waals surface area contributed by atoms with Crippen LogP contribution in [0.3, 0.4) is 0 Å². The van der Waals surface area contributed by atoms with Crippen molar-refractivity contribution in [3.63, 3.8) is 0 Å². The molecule has 0 heterocycles. The molecule has 2 heteroatoms. The van der Waals surface area contributed by atoms with E-state index in [1.54, 1.807) is 6.08 Å². The largest absolute Gasteiger partial charge is 0.330 e. The molecule has 0 aliphatic carbocycles. The van der Waals surface area contributed by atoms with E-state index in [1.807, 2.05) is 36.4 Å². The van der Waals surface area contributed by atoms with Crippen LogP contribution in [0.2, 0.25) is 0 Å². The number of unbranched alkanes of at least 4 members (excludes halogenated alkanes) is 3. The van der Waals surface area contributed by atoms with Gasteiger partial charge in [0.25, 0.3) is 0 Å². The number of carbonyl (C=O) groups excluding carboxylic acids is 1. The van der Waals surface area contributed by atoms with Gasteiger partial charge < -0.3 is 5.73 Å². The monoisotopic (exact) mass is 231 g/mol. The van der Waals surface area contributed by atoms with Crippen molar-refractivity contribution < 1.29 is 4.79 Å². The summed E-state index contributed by atoms with van der Waals surface area (Å²) in [6.45, 7) is 0.752. The Morgan fingerprint density at radius 2 is 1.76 bits per heavy atom.